The third kappa shape index (κ3) is 3.47. The fraction of sp³-hybridized carbons (Fsp3) is 0.909. The van der Waals surface area contributed by atoms with Crippen molar-refractivity contribution in [3.8, 4) is 0 Å². The molecule has 0 radical (unpaired) electrons. The molecular weight excluding hydrogens is 192 g/mol. The molecule has 4 nitrogen and oxygen atoms in total. The quantitative estimate of drug-likeness (QED) is 0.696. The van der Waals surface area contributed by atoms with Gasteiger partial charge in [-0.15, -0.1) is 0 Å². The molecule has 0 spiro atoms. The van der Waals surface area contributed by atoms with Crippen LogP contribution in [0.5, 0.6) is 0 Å². The first-order valence-corrected chi connectivity index (χ1v) is 5.52. The van der Waals surface area contributed by atoms with E-state index in [9.17, 15) is 9.90 Å². The van der Waals surface area contributed by atoms with Crippen LogP contribution in [0.4, 0.5) is 0 Å². The van der Waals surface area contributed by atoms with Crippen molar-refractivity contribution in [3.05, 3.63) is 0 Å². The molecule has 1 saturated heterocycles. The van der Waals surface area contributed by atoms with Crippen LogP contribution in [0.1, 0.15) is 33.6 Å². The highest BCUT2D eigenvalue weighted by molar-refractivity contribution is 5.77. The normalized spacial score (nSPS) is 24.3. The van der Waals surface area contributed by atoms with Crippen molar-refractivity contribution in [2.75, 3.05) is 13.1 Å². The number of rotatable bonds is 2. The van der Waals surface area contributed by atoms with Gasteiger partial charge in [-0.2, -0.15) is 0 Å². The third-order valence-electron chi connectivity index (χ3n) is 3.02. The van der Waals surface area contributed by atoms with Crippen LogP contribution in [-0.4, -0.2) is 41.1 Å². The number of amides is 1. The molecule has 0 saturated carbocycles. The number of aliphatic hydroxyl groups is 1. The van der Waals surface area contributed by atoms with Crippen LogP contribution in [0.3, 0.4) is 0 Å². The van der Waals surface area contributed by atoms with E-state index in [1.165, 1.54) is 0 Å². The summed E-state index contributed by atoms with van der Waals surface area (Å²) in [6.45, 7) is 7.23. The van der Waals surface area contributed by atoms with Crippen molar-refractivity contribution in [1.29, 1.82) is 0 Å². The minimum Gasteiger partial charge on any atom is -0.391 e. The fourth-order valence-electron chi connectivity index (χ4n) is 1.59. The molecule has 1 rings (SSSR count). The molecule has 15 heavy (non-hydrogen) atoms. The van der Waals surface area contributed by atoms with Gasteiger partial charge in [-0.1, -0.05) is 20.8 Å². The Morgan fingerprint density at radius 3 is 2.60 bits per heavy atom. The molecular formula is C11H22N2O2. The molecule has 2 atom stereocenters. The number of carbonyl (C=O) groups is 1. The number of nitrogens with zero attached hydrogens (tertiary/aromatic N) is 1. The standard InChI is InChI=1S/C11H22N2O2/c1-11(2,3)9(12)6-10(15)13-5-4-8(14)7-13/h8-9,14H,4-7,12H2,1-3H3. The number of hydrogen-bond donors (Lipinski definition) is 2. The van der Waals surface area contributed by atoms with E-state index in [1.807, 2.05) is 20.8 Å². The Hall–Kier alpha value is -0.610. The Morgan fingerprint density at radius 2 is 2.20 bits per heavy atom. The minimum absolute atomic E-state index is 0.0476. The van der Waals surface area contributed by atoms with Crippen molar-refractivity contribution < 1.29 is 9.90 Å². The lowest BCUT2D eigenvalue weighted by atomic mass is 9.85. The fourth-order valence-corrected chi connectivity index (χ4v) is 1.59. The highest BCUT2D eigenvalue weighted by atomic mass is 16.3. The predicted octanol–water partition coefficient (Wildman–Crippen LogP) is 0.343. The Kier molecular flexibility index (Phi) is 3.73. The maximum atomic E-state index is 11.8. The zero-order valence-electron chi connectivity index (χ0n) is 9.86. The van der Waals surface area contributed by atoms with Gasteiger partial charge in [0.25, 0.3) is 0 Å². The van der Waals surface area contributed by atoms with Crippen LogP contribution >= 0.6 is 0 Å². The molecule has 4 heteroatoms. The van der Waals surface area contributed by atoms with Crippen LogP contribution in [0.25, 0.3) is 0 Å². The van der Waals surface area contributed by atoms with E-state index in [2.05, 4.69) is 0 Å². The summed E-state index contributed by atoms with van der Waals surface area (Å²) in [4.78, 5) is 13.5. The van der Waals surface area contributed by atoms with Crippen LogP contribution in [-0.2, 0) is 4.79 Å². The Morgan fingerprint density at radius 1 is 1.60 bits per heavy atom. The van der Waals surface area contributed by atoms with Gasteiger partial charge in [0.15, 0.2) is 0 Å². The molecule has 0 aromatic carbocycles. The van der Waals surface area contributed by atoms with Gasteiger partial charge in [-0.25, -0.2) is 0 Å². The second-order valence-corrected chi connectivity index (χ2v) is 5.46. The predicted molar refractivity (Wildman–Crippen MR) is 59.3 cm³/mol. The van der Waals surface area contributed by atoms with Gasteiger partial charge in [-0.05, 0) is 11.8 Å². The number of aliphatic hydroxyl groups excluding tert-OH is 1. The summed E-state index contributed by atoms with van der Waals surface area (Å²) in [5, 5.41) is 9.32. The lowest BCUT2D eigenvalue weighted by molar-refractivity contribution is -0.131. The second-order valence-electron chi connectivity index (χ2n) is 5.46. The van der Waals surface area contributed by atoms with Crippen LogP contribution in [0, 0.1) is 5.41 Å². The monoisotopic (exact) mass is 214 g/mol. The number of carbonyl (C=O) groups excluding carboxylic acids is 1. The van der Waals surface area contributed by atoms with Crippen molar-refractivity contribution in [1.82, 2.24) is 4.90 Å². The van der Waals surface area contributed by atoms with Gasteiger partial charge in [0.1, 0.15) is 0 Å². The van der Waals surface area contributed by atoms with Gasteiger partial charge >= 0.3 is 0 Å². The second kappa shape index (κ2) is 4.49. The van der Waals surface area contributed by atoms with Crippen LogP contribution < -0.4 is 5.73 Å². The van der Waals surface area contributed by atoms with Crippen LogP contribution in [0.15, 0.2) is 0 Å². The van der Waals surface area contributed by atoms with E-state index >= 15 is 0 Å². The van der Waals surface area contributed by atoms with Crippen molar-refractivity contribution in [2.45, 2.75) is 45.8 Å². The number of β-amino-alcohol motifs (C(OH)–C–C–N with tert-alkyl or cyclic N) is 1. The summed E-state index contributed by atoms with van der Waals surface area (Å²) in [6.07, 6.45) is 0.715. The van der Waals surface area contributed by atoms with Crippen molar-refractivity contribution in [2.24, 2.45) is 11.1 Å². The van der Waals surface area contributed by atoms with E-state index < -0.39 is 0 Å². The molecule has 1 amide bonds. The van der Waals surface area contributed by atoms with Crippen molar-refractivity contribution >= 4 is 5.91 Å². The van der Waals surface area contributed by atoms with E-state index in [0.29, 0.717) is 25.9 Å². The van der Waals surface area contributed by atoms with Gasteiger partial charge in [0.2, 0.25) is 5.91 Å². The average molecular weight is 214 g/mol. The lowest BCUT2D eigenvalue weighted by Gasteiger charge is -2.28. The summed E-state index contributed by atoms with van der Waals surface area (Å²) in [5.74, 6) is 0.0639. The summed E-state index contributed by atoms with van der Waals surface area (Å²) in [5.41, 5.74) is 5.90. The first-order valence-electron chi connectivity index (χ1n) is 5.52. The Labute approximate surface area is 91.4 Å². The van der Waals surface area contributed by atoms with Gasteiger partial charge in [-0.3, -0.25) is 4.79 Å². The first-order chi connectivity index (χ1) is 6.80. The van der Waals surface area contributed by atoms with Gasteiger partial charge in [0, 0.05) is 25.6 Å². The molecule has 1 fully saturated rings. The maximum Gasteiger partial charge on any atom is 0.224 e. The minimum atomic E-state index is -0.347. The summed E-state index contributed by atoms with van der Waals surface area (Å²) >= 11 is 0. The van der Waals surface area contributed by atoms with E-state index in [-0.39, 0.29) is 23.5 Å². The third-order valence-corrected chi connectivity index (χ3v) is 3.02. The van der Waals surface area contributed by atoms with E-state index in [4.69, 9.17) is 5.73 Å². The van der Waals surface area contributed by atoms with Crippen molar-refractivity contribution in [3.63, 3.8) is 0 Å². The highest BCUT2D eigenvalue weighted by Gasteiger charge is 2.29. The number of likely N-dealkylation sites (tertiary alicyclic amines) is 1. The molecule has 3 N–H and O–H groups in total. The molecule has 1 aliphatic rings. The largest absolute Gasteiger partial charge is 0.391 e. The van der Waals surface area contributed by atoms with E-state index in [0.717, 1.165) is 0 Å². The molecule has 1 aliphatic heterocycles. The topological polar surface area (TPSA) is 66.6 Å². The summed E-state index contributed by atoms with van der Waals surface area (Å²) in [6, 6.07) is -0.122. The maximum absolute atomic E-state index is 11.8. The molecule has 88 valence electrons. The molecule has 1 heterocycles. The Balaban J connectivity index is 2.42. The smallest absolute Gasteiger partial charge is 0.224 e. The molecule has 0 bridgehead atoms. The van der Waals surface area contributed by atoms with Gasteiger partial charge in [0.05, 0.1) is 6.10 Å². The molecule has 0 aliphatic carbocycles. The molecule has 0 aromatic heterocycles. The Bertz CT molecular complexity index is 235. The zero-order chi connectivity index (χ0) is 11.6. The molecule has 0 aromatic rings. The first kappa shape index (κ1) is 12.5. The van der Waals surface area contributed by atoms with E-state index in [1.54, 1.807) is 4.90 Å². The highest BCUT2D eigenvalue weighted by Crippen LogP contribution is 2.21. The number of nitrogens with two attached hydrogens (primary N) is 1. The zero-order valence-corrected chi connectivity index (χ0v) is 9.86. The van der Waals surface area contributed by atoms with Gasteiger partial charge < -0.3 is 15.7 Å². The molecule has 2 unspecified atom stereocenters. The SMILES string of the molecule is CC(C)(C)C(N)CC(=O)N1CCC(O)C1. The lowest BCUT2D eigenvalue weighted by Crippen LogP contribution is -2.41. The summed E-state index contributed by atoms with van der Waals surface area (Å²) < 4.78 is 0. The average Bonchev–Trinajstić information content (AvgIpc) is 2.50. The van der Waals surface area contributed by atoms with Crippen LogP contribution in [0.2, 0.25) is 0 Å². The summed E-state index contributed by atoms with van der Waals surface area (Å²) in [7, 11) is 0. The number of hydrogen-bond acceptors (Lipinski definition) is 3.